The van der Waals surface area contributed by atoms with E-state index in [1.807, 2.05) is 32.2 Å². The molecule has 10 atom stereocenters. The molecular formula is C36H56N2O10S3. The largest absolute Gasteiger partial charge is 0.508 e. The number of carbonyl (C=O) groups is 4. The summed E-state index contributed by atoms with van der Waals surface area (Å²) in [5.74, 6) is -3.16. The maximum Gasteiger partial charge on any atom is 0.508 e. The number of cyclic esters (lactones) is 1. The minimum Gasteiger partial charge on any atom is -0.481 e. The number of ketones is 1. The van der Waals surface area contributed by atoms with E-state index >= 15 is 0 Å². The molecule has 1 aromatic heterocycles. The fourth-order valence-electron chi connectivity index (χ4n) is 6.61. The molecule has 3 unspecified atom stereocenters. The summed E-state index contributed by atoms with van der Waals surface area (Å²) in [4.78, 5) is 57.2. The van der Waals surface area contributed by atoms with Crippen molar-refractivity contribution < 1.29 is 48.7 Å². The Labute approximate surface area is 313 Å². The third-order valence-corrected chi connectivity index (χ3v) is 13.4. The lowest BCUT2D eigenvalue weighted by molar-refractivity contribution is -0.162. The number of aliphatic carboxylic acids is 1. The highest BCUT2D eigenvalue weighted by Crippen LogP contribution is 2.40. The van der Waals surface area contributed by atoms with Crippen LogP contribution in [0.3, 0.4) is 0 Å². The molecule has 2 aliphatic rings. The Morgan fingerprint density at radius 1 is 1.12 bits per heavy atom. The van der Waals surface area contributed by atoms with Crippen molar-refractivity contribution in [1.82, 2.24) is 9.88 Å². The summed E-state index contributed by atoms with van der Waals surface area (Å²) < 4.78 is 16.7. The Morgan fingerprint density at radius 3 is 2.45 bits per heavy atom. The molecule has 1 aromatic rings. The molecule has 2 saturated heterocycles. The number of carboxylic acids is 1. The summed E-state index contributed by atoms with van der Waals surface area (Å²) in [6.45, 7) is 14.6. The number of nitrogens with zero attached hydrogens (tertiary/aromatic N) is 2. The molecule has 0 radical (unpaired) electrons. The summed E-state index contributed by atoms with van der Waals surface area (Å²) in [6, 6.07) is 0.148. The van der Waals surface area contributed by atoms with E-state index in [0.717, 1.165) is 29.1 Å². The van der Waals surface area contributed by atoms with Crippen molar-refractivity contribution >= 4 is 62.9 Å². The summed E-state index contributed by atoms with van der Waals surface area (Å²) in [5.41, 5.74) is 0.269. The van der Waals surface area contributed by atoms with Crippen molar-refractivity contribution in [2.45, 2.75) is 111 Å². The minimum atomic E-state index is -1.33. The van der Waals surface area contributed by atoms with Crippen LogP contribution in [0, 0.1) is 36.0 Å². The van der Waals surface area contributed by atoms with Gasteiger partial charge in [-0.05, 0) is 51.2 Å². The van der Waals surface area contributed by atoms with Crippen LogP contribution in [0.25, 0.3) is 6.08 Å². The number of aliphatic hydroxyl groups excluding tert-OH is 2. The van der Waals surface area contributed by atoms with Gasteiger partial charge in [-0.3, -0.25) is 19.3 Å². The quantitative estimate of drug-likeness (QED) is 0.0996. The molecule has 0 aliphatic carbocycles. The molecule has 0 bridgehead atoms. The first-order chi connectivity index (χ1) is 23.9. The van der Waals surface area contributed by atoms with Crippen molar-refractivity contribution in [2.75, 3.05) is 31.3 Å². The third-order valence-electron chi connectivity index (χ3n) is 10.1. The summed E-state index contributed by atoms with van der Waals surface area (Å²) in [6.07, 6.45) is 1.04. The fourth-order valence-corrected chi connectivity index (χ4v) is 9.35. The number of aliphatic hydroxyl groups is 2. The number of ether oxygens (including phenoxy) is 3. The number of aryl methyl sites for hydroxylation is 1. The van der Waals surface area contributed by atoms with Gasteiger partial charge >= 0.3 is 18.1 Å². The van der Waals surface area contributed by atoms with Crippen molar-refractivity contribution in [3.05, 3.63) is 21.7 Å². The number of rotatable bonds is 12. The molecule has 3 N–H and O–H groups in total. The number of carbonyl (C=O) groups excluding carboxylic acids is 3. The predicted molar refractivity (Wildman–Crippen MR) is 200 cm³/mol. The highest BCUT2D eigenvalue weighted by atomic mass is 33.1. The standard InChI is InChI=1S/C36H56N2O10S3/c1-20-10-9-11-27-28(38(27)12-13-46-35(45)47-14-15-50-51-18-22(3)33(42)43)17-29(21(2)16-26-19-49-25(6)37-26)48-34(44)24(5)32(41)36(7,8)31(40)23(4)30(20)39/h16,19-20,22-24,27-30,32,39,41H,9-15,17-18H2,1-8H3,(H,42,43)/b21-16+/t20-,22?,23+,24?,27+,28-,29-,30-,32-,38?/m0/s1. The normalized spacial score (nSPS) is 31.3. The first-order valence-corrected chi connectivity index (χ1v) is 21.1. The average Bonchev–Trinajstić information content (AvgIpc) is 3.55. The molecular weight excluding hydrogens is 717 g/mol. The second-order valence-corrected chi connectivity index (χ2v) is 18.2. The van der Waals surface area contributed by atoms with E-state index in [1.54, 1.807) is 34.6 Å². The van der Waals surface area contributed by atoms with Gasteiger partial charge in [0, 0.05) is 47.9 Å². The van der Waals surface area contributed by atoms with Gasteiger partial charge in [-0.25, -0.2) is 9.78 Å². The number of Topliss-reactive ketones (excluding diaryl/α,β-unsaturated/α-hetero) is 1. The van der Waals surface area contributed by atoms with Crippen LogP contribution in [-0.2, 0) is 28.6 Å². The van der Waals surface area contributed by atoms with E-state index in [1.165, 1.54) is 32.9 Å². The fraction of sp³-hybridized carbons (Fsp3) is 0.750. The zero-order chi connectivity index (χ0) is 38.0. The van der Waals surface area contributed by atoms with Crippen molar-refractivity contribution in [3.63, 3.8) is 0 Å². The maximum atomic E-state index is 13.6. The lowest BCUT2D eigenvalue weighted by Crippen LogP contribution is -2.49. The van der Waals surface area contributed by atoms with Crippen LogP contribution in [0.1, 0.15) is 84.9 Å². The van der Waals surface area contributed by atoms with Gasteiger partial charge in [-0.2, -0.15) is 0 Å². The molecule has 15 heteroatoms. The predicted octanol–water partition coefficient (Wildman–Crippen LogP) is 5.87. The number of esters is 1. The van der Waals surface area contributed by atoms with Gasteiger partial charge in [-0.1, -0.05) is 62.6 Å². The first-order valence-electron chi connectivity index (χ1n) is 17.7. The second-order valence-electron chi connectivity index (χ2n) is 14.5. The van der Waals surface area contributed by atoms with Crippen molar-refractivity contribution in [2.24, 2.45) is 29.1 Å². The molecule has 3 rings (SSSR count). The Bertz CT molecular complexity index is 1370. The summed E-state index contributed by atoms with van der Waals surface area (Å²) >= 11 is 1.52. The van der Waals surface area contributed by atoms with Crippen LogP contribution in [0.2, 0.25) is 0 Å². The number of carboxylic acid groups (broad SMARTS) is 1. The Morgan fingerprint density at radius 2 is 1.80 bits per heavy atom. The van der Waals surface area contributed by atoms with Crippen LogP contribution < -0.4 is 0 Å². The molecule has 2 fully saturated rings. The van der Waals surface area contributed by atoms with Gasteiger partial charge in [0.05, 0.1) is 40.2 Å². The molecule has 51 heavy (non-hydrogen) atoms. The zero-order valence-corrected chi connectivity index (χ0v) is 33.5. The van der Waals surface area contributed by atoms with E-state index in [4.69, 9.17) is 19.3 Å². The Hall–Kier alpha value is -2.17. The molecule has 0 saturated carbocycles. The summed E-state index contributed by atoms with van der Waals surface area (Å²) in [7, 11) is 2.85. The second kappa shape index (κ2) is 19.8. The number of aromatic nitrogens is 1. The van der Waals surface area contributed by atoms with E-state index < -0.39 is 59.6 Å². The average molecular weight is 773 g/mol. The molecule has 0 aromatic carbocycles. The first kappa shape index (κ1) is 43.2. The maximum absolute atomic E-state index is 13.6. The van der Waals surface area contributed by atoms with Gasteiger partial charge in [0.15, 0.2) is 0 Å². The highest BCUT2D eigenvalue weighted by Gasteiger charge is 2.49. The van der Waals surface area contributed by atoms with Crippen molar-refractivity contribution in [3.8, 4) is 0 Å². The van der Waals surface area contributed by atoms with Gasteiger partial charge in [0.1, 0.15) is 25.1 Å². The van der Waals surface area contributed by atoms with Gasteiger partial charge < -0.3 is 29.5 Å². The zero-order valence-electron chi connectivity index (χ0n) is 31.0. The molecule has 12 nitrogen and oxygen atoms in total. The number of hydrogen-bond donors (Lipinski definition) is 3. The van der Waals surface area contributed by atoms with E-state index in [0.29, 0.717) is 30.9 Å². The summed E-state index contributed by atoms with van der Waals surface area (Å²) in [5, 5.41) is 34.3. The monoisotopic (exact) mass is 772 g/mol. The highest BCUT2D eigenvalue weighted by molar-refractivity contribution is 8.76. The number of thiazole rings is 1. The smallest absolute Gasteiger partial charge is 0.481 e. The topological polar surface area (TPSA) is 173 Å². The van der Waals surface area contributed by atoms with Crippen LogP contribution in [-0.4, -0.2) is 111 Å². The number of hydrogen-bond acceptors (Lipinski definition) is 14. The van der Waals surface area contributed by atoms with E-state index in [9.17, 15) is 29.4 Å². The van der Waals surface area contributed by atoms with E-state index in [-0.39, 0.29) is 37.0 Å². The molecule has 288 valence electrons. The number of fused-ring (bicyclic) bond motifs is 1. The lowest BCUT2D eigenvalue weighted by atomic mass is 9.71. The van der Waals surface area contributed by atoms with Gasteiger partial charge in [-0.15, -0.1) is 11.3 Å². The van der Waals surface area contributed by atoms with Gasteiger partial charge in [0.25, 0.3) is 0 Å². The SMILES string of the molecule is C/C(=C\c1csc(C)n1)[C@@H]1C[C@H]2[C@@H](CCC[C@H](C)[C@H](O)[C@@H](C)C(=O)C(C)(C)[C@@H](O)C(C)C(=O)O1)N2CCOC(=O)OCCSSCC(C)C(=O)O. The third kappa shape index (κ3) is 12.4. The molecule has 2 aliphatic heterocycles. The molecule has 0 spiro atoms. The van der Waals surface area contributed by atoms with Crippen LogP contribution in [0.4, 0.5) is 4.79 Å². The minimum absolute atomic E-state index is 0.0230. The van der Waals surface area contributed by atoms with Crippen LogP contribution in [0.5, 0.6) is 0 Å². The van der Waals surface area contributed by atoms with Crippen molar-refractivity contribution in [1.29, 1.82) is 0 Å². The molecule has 3 heterocycles. The lowest BCUT2D eigenvalue weighted by Gasteiger charge is -2.36. The van der Waals surface area contributed by atoms with Crippen LogP contribution >= 0.6 is 32.9 Å². The molecule has 0 amide bonds. The Balaban J connectivity index is 1.72. The van der Waals surface area contributed by atoms with E-state index in [2.05, 4.69) is 9.88 Å². The Kier molecular flexibility index (Phi) is 16.8. The van der Waals surface area contributed by atoms with Crippen LogP contribution in [0.15, 0.2) is 11.0 Å². The van der Waals surface area contributed by atoms with Gasteiger partial charge in [0.2, 0.25) is 0 Å².